The SMILES string of the molecule is CCc1noc(/C=C2\C3CCN(CC3)C23OC(=O)C(=O)O3)n1. The van der Waals surface area contributed by atoms with E-state index in [4.69, 9.17) is 14.0 Å². The van der Waals surface area contributed by atoms with Gasteiger partial charge in [0.05, 0.1) is 0 Å². The number of aryl methyl sites for hydroxylation is 1. The highest BCUT2D eigenvalue weighted by Crippen LogP contribution is 2.47. The van der Waals surface area contributed by atoms with Gasteiger partial charge in [-0.1, -0.05) is 12.1 Å². The fourth-order valence-corrected chi connectivity index (χ4v) is 3.34. The summed E-state index contributed by atoms with van der Waals surface area (Å²) in [5, 5.41) is 3.85. The molecular weight excluding hydrogens is 290 g/mol. The lowest BCUT2D eigenvalue weighted by Gasteiger charge is -2.49. The molecule has 0 N–H and O–H groups in total. The van der Waals surface area contributed by atoms with Gasteiger partial charge in [0.2, 0.25) is 0 Å². The van der Waals surface area contributed by atoms with Gasteiger partial charge in [-0.25, -0.2) is 14.5 Å². The number of esters is 2. The zero-order valence-electron chi connectivity index (χ0n) is 12.1. The molecule has 22 heavy (non-hydrogen) atoms. The summed E-state index contributed by atoms with van der Waals surface area (Å²) in [6.07, 6.45) is 4.18. The van der Waals surface area contributed by atoms with E-state index >= 15 is 0 Å². The van der Waals surface area contributed by atoms with Crippen molar-refractivity contribution in [3.05, 3.63) is 17.3 Å². The molecule has 1 aromatic rings. The predicted molar refractivity (Wildman–Crippen MR) is 70.9 cm³/mol. The van der Waals surface area contributed by atoms with Crippen LogP contribution in [0.15, 0.2) is 10.1 Å². The Bertz CT molecular complexity index is 656. The van der Waals surface area contributed by atoms with Crippen LogP contribution in [-0.4, -0.2) is 46.0 Å². The fraction of sp³-hybridized carbons (Fsp3) is 0.571. The number of carbonyl (C=O) groups excluding carboxylic acids is 2. The summed E-state index contributed by atoms with van der Waals surface area (Å²) < 4.78 is 15.8. The van der Waals surface area contributed by atoms with Crippen molar-refractivity contribution >= 4 is 18.0 Å². The van der Waals surface area contributed by atoms with Crippen molar-refractivity contribution in [2.45, 2.75) is 32.1 Å². The third-order valence-corrected chi connectivity index (χ3v) is 4.42. The van der Waals surface area contributed by atoms with Gasteiger partial charge in [-0.3, -0.25) is 0 Å². The maximum Gasteiger partial charge on any atom is 0.422 e. The number of nitrogens with zero attached hydrogens (tertiary/aromatic N) is 3. The topological polar surface area (TPSA) is 94.8 Å². The second-order valence-corrected chi connectivity index (χ2v) is 5.62. The summed E-state index contributed by atoms with van der Waals surface area (Å²) in [5.41, 5.74) is 0.704. The van der Waals surface area contributed by atoms with Crippen molar-refractivity contribution in [3.63, 3.8) is 0 Å². The Kier molecular flexibility index (Phi) is 2.83. The molecule has 4 aliphatic rings. The highest BCUT2D eigenvalue weighted by molar-refractivity contribution is 6.31. The van der Waals surface area contributed by atoms with Crippen molar-refractivity contribution in [1.82, 2.24) is 15.0 Å². The molecule has 0 aromatic carbocycles. The molecule has 2 bridgehead atoms. The van der Waals surface area contributed by atoms with Crippen LogP contribution in [0.5, 0.6) is 0 Å². The van der Waals surface area contributed by atoms with Gasteiger partial charge >= 0.3 is 17.8 Å². The Balaban J connectivity index is 1.77. The smallest absolute Gasteiger partial charge is 0.396 e. The summed E-state index contributed by atoms with van der Waals surface area (Å²) in [4.78, 5) is 29.3. The van der Waals surface area contributed by atoms with Crippen LogP contribution in [-0.2, 0) is 25.5 Å². The molecule has 116 valence electrons. The number of rotatable bonds is 2. The van der Waals surface area contributed by atoms with E-state index in [2.05, 4.69) is 10.1 Å². The number of fused-ring (bicyclic) bond motifs is 2. The first-order chi connectivity index (χ1) is 10.6. The molecule has 0 saturated carbocycles. The van der Waals surface area contributed by atoms with Gasteiger partial charge in [-0.2, -0.15) is 4.98 Å². The second-order valence-electron chi connectivity index (χ2n) is 5.62. The quantitative estimate of drug-likeness (QED) is 0.575. The van der Waals surface area contributed by atoms with Gasteiger partial charge in [-0.15, -0.1) is 0 Å². The number of piperidine rings is 3. The van der Waals surface area contributed by atoms with Crippen molar-refractivity contribution in [2.75, 3.05) is 13.1 Å². The number of hydrogen-bond acceptors (Lipinski definition) is 8. The highest BCUT2D eigenvalue weighted by Gasteiger charge is 2.61. The molecule has 1 aromatic heterocycles. The Morgan fingerprint density at radius 3 is 2.55 bits per heavy atom. The Labute approximate surface area is 126 Å². The lowest BCUT2D eigenvalue weighted by atomic mass is 9.80. The zero-order valence-corrected chi connectivity index (χ0v) is 12.1. The molecule has 8 heteroatoms. The van der Waals surface area contributed by atoms with Crippen LogP contribution in [0.25, 0.3) is 6.08 Å². The minimum atomic E-state index is -1.42. The Morgan fingerprint density at radius 1 is 1.27 bits per heavy atom. The second kappa shape index (κ2) is 4.64. The molecule has 0 aliphatic carbocycles. The van der Waals surface area contributed by atoms with E-state index in [-0.39, 0.29) is 5.92 Å². The molecular formula is C14H15N3O5. The maximum atomic E-state index is 11.6. The molecule has 4 saturated heterocycles. The number of carbonyl (C=O) groups is 2. The molecule has 0 unspecified atom stereocenters. The summed E-state index contributed by atoms with van der Waals surface area (Å²) in [6.45, 7) is 3.36. The molecule has 4 fully saturated rings. The largest absolute Gasteiger partial charge is 0.422 e. The normalized spacial score (nSPS) is 30.9. The first-order valence-corrected chi connectivity index (χ1v) is 7.38. The molecule has 0 atom stereocenters. The first-order valence-electron chi connectivity index (χ1n) is 7.38. The van der Waals surface area contributed by atoms with Gasteiger partial charge < -0.3 is 14.0 Å². The predicted octanol–water partition coefficient (Wildman–Crippen LogP) is 0.495. The number of hydrogen-bond donors (Lipinski definition) is 0. The summed E-state index contributed by atoms with van der Waals surface area (Å²) in [6, 6.07) is 0. The van der Waals surface area contributed by atoms with Crippen LogP contribution in [0.4, 0.5) is 0 Å². The molecule has 8 nitrogen and oxygen atoms in total. The lowest BCUT2D eigenvalue weighted by molar-refractivity contribution is -0.251. The standard InChI is InChI=1S/C14H15N3O5/c1-2-10-15-11(22-16-10)7-9-8-3-5-17(6-4-8)14(9)20-12(18)13(19)21-14/h7-8H,2-6H2,1H3/b9-7+. The van der Waals surface area contributed by atoms with Crippen LogP contribution >= 0.6 is 0 Å². The van der Waals surface area contributed by atoms with Gasteiger partial charge in [0.25, 0.3) is 5.89 Å². The molecule has 0 radical (unpaired) electrons. The fourth-order valence-electron chi connectivity index (χ4n) is 3.34. The first kappa shape index (κ1) is 13.4. The minimum Gasteiger partial charge on any atom is -0.396 e. The summed E-state index contributed by atoms with van der Waals surface area (Å²) in [5.74, 6) is -2.24. The lowest BCUT2D eigenvalue weighted by Crippen LogP contribution is -2.61. The van der Waals surface area contributed by atoms with E-state index in [1.807, 2.05) is 11.8 Å². The third-order valence-electron chi connectivity index (χ3n) is 4.42. The molecule has 5 heterocycles. The van der Waals surface area contributed by atoms with Gasteiger partial charge in [0, 0.05) is 31.2 Å². The third kappa shape index (κ3) is 1.80. The summed E-state index contributed by atoms with van der Waals surface area (Å²) in [7, 11) is 0. The van der Waals surface area contributed by atoms with Crippen LogP contribution < -0.4 is 0 Å². The highest BCUT2D eigenvalue weighted by atomic mass is 16.8. The van der Waals surface area contributed by atoms with Crippen molar-refractivity contribution in [1.29, 1.82) is 0 Å². The molecule has 4 aliphatic heterocycles. The van der Waals surface area contributed by atoms with Gasteiger partial charge in [0.15, 0.2) is 5.82 Å². The van der Waals surface area contributed by atoms with Crippen LogP contribution in [0.3, 0.4) is 0 Å². The maximum absolute atomic E-state index is 11.6. The van der Waals surface area contributed by atoms with Gasteiger partial charge in [0.1, 0.15) is 0 Å². The average molecular weight is 305 g/mol. The Hall–Kier alpha value is -2.22. The van der Waals surface area contributed by atoms with Gasteiger partial charge in [-0.05, 0) is 18.8 Å². The Morgan fingerprint density at radius 2 is 1.95 bits per heavy atom. The number of aromatic nitrogens is 2. The van der Waals surface area contributed by atoms with Crippen LogP contribution in [0.1, 0.15) is 31.5 Å². The van der Waals surface area contributed by atoms with E-state index in [0.717, 1.165) is 12.8 Å². The van der Waals surface area contributed by atoms with Crippen molar-refractivity contribution < 1.29 is 23.6 Å². The van der Waals surface area contributed by atoms with Crippen molar-refractivity contribution in [3.8, 4) is 0 Å². The van der Waals surface area contributed by atoms with Crippen LogP contribution in [0, 0.1) is 5.92 Å². The average Bonchev–Trinajstić information content (AvgIpc) is 3.09. The van der Waals surface area contributed by atoms with E-state index < -0.39 is 17.8 Å². The van der Waals surface area contributed by atoms with E-state index in [9.17, 15) is 9.59 Å². The summed E-state index contributed by atoms with van der Waals surface area (Å²) >= 11 is 0. The zero-order chi connectivity index (χ0) is 15.3. The monoisotopic (exact) mass is 305 g/mol. The number of ether oxygens (including phenoxy) is 2. The van der Waals surface area contributed by atoms with E-state index in [1.54, 1.807) is 6.08 Å². The minimum absolute atomic E-state index is 0.167. The van der Waals surface area contributed by atoms with Crippen LogP contribution in [0.2, 0.25) is 0 Å². The van der Waals surface area contributed by atoms with E-state index in [0.29, 0.717) is 36.8 Å². The molecule has 1 spiro atoms. The molecule has 5 rings (SSSR count). The van der Waals surface area contributed by atoms with E-state index in [1.165, 1.54) is 0 Å². The molecule has 0 amide bonds. The van der Waals surface area contributed by atoms with Crippen molar-refractivity contribution in [2.24, 2.45) is 5.92 Å².